The molecular formula is C38H51F3N4O5SSi. The van der Waals surface area contributed by atoms with Gasteiger partial charge >= 0.3 is 6.18 Å². The molecule has 0 N–H and O–H groups in total. The molecule has 2 heterocycles. The number of hydrogen-bond donors (Lipinski definition) is 0. The number of aromatic nitrogens is 1. The molecule has 9 nitrogen and oxygen atoms in total. The zero-order valence-electron chi connectivity index (χ0n) is 31.3. The molecule has 1 aliphatic carbocycles. The normalized spacial score (nSPS) is 16.9. The van der Waals surface area contributed by atoms with Crippen LogP contribution < -0.4 is 4.31 Å². The summed E-state index contributed by atoms with van der Waals surface area (Å²) in [5.41, 5.74) is 1.68. The number of rotatable bonds is 15. The number of amidine groups is 1. The van der Waals surface area contributed by atoms with Crippen molar-refractivity contribution in [2.24, 2.45) is 4.99 Å². The summed E-state index contributed by atoms with van der Waals surface area (Å²) < 4.78 is 83.3. The van der Waals surface area contributed by atoms with Gasteiger partial charge in [0.25, 0.3) is 15.9 Å². The molecule has 52 heavy (non-hydrogen) atoms. The molecule has 2 aliphatic rings. The lowest BCUT2D eigenvalue weighted by molar-refractivity contribution is -0.134. The monoisotopic (exact) mass is 760 g/mol. The highest BCUT2D eigenvalue weighted by Gasteiger charge is 2.49. The summed E-state index contributed by atoms with van der Waals surface area (Å²) in [5, 5.41) is 3.99. The fourth-order valence-electron chi connectivity index (χ4n) is 6.71. The maximum absolute atomic E-state index is 14.7. The minimum Gasteiger partial charge on any atom is -0.360 e. The lowest BCUT2D eigenvalue weighted by Gasteiger charge is -2.29. The summed E-state index contributed by atoms with van der Waals surface area (Å²) in [4.78, 5) is 20.4. The number of aliphatic imine (C=N–C) groups is 1. The molecule has 2 aromatic carbocycles. The first-order valence-corrected chi connectivity index (χ1v) is 23.2. The van der Waals surface area contributed by atoms with Crippen molar-refractivity contribution < 1.29 is 35.6 Å². The van der Waals surface area contributed by atoms with E-state index in [0.717, 1.165) is 35.8 Å². The Balaban J connectivity index is 1.56. The van der Waals surface area contributed by atoms with Gasteiger partial charge in [0.1, 0.15) is 18.1 Å². The van der Waals surface area contributed by atoms with Crippen molar-refractivity contribution in [3.63, 3.8) is 0 Å². The molecular weight excluding hydrogens is 710 g/mol. The molecule has 1 atom stereocenters. The average molecular weight is 761 g/mol. The molecule has 1 spiro atoms. The van der Waals surface area contributed by atoms with Crippen LogP contribution in [0.25, 0.3) is 11.1 Å². The van der Waals surface area contributed by atoms with E-state index in [-0.39, 0.29) is 47.7 Å². The zero-order valence-corrected chi connectivity index (χ0v) is 33.1. The predicted octanol–water partition coefficient (Wildman–Crippen LogP) is 9.13. The maximum atomic E-state index is 14.7. The van der Waals surface area contributed by atoms with Crippen molar-refractivity contribution in [3.8, 4) is 11.1 Å². The molecule has 1 aliphatic heterocycles. The van der Waals surface area contributed by atoms with E-state index >= 15 is 0 Å². The minimum absolute atomic E-state index is 0.0126. The molecule has 3 aromatic rings. The SMILES string of the molecule is CCCCC1=NC2(CCCC2)C(=O)N1Cc1ccc(-c2ccccc2S(=O)(=O)N(COC(C)[Si](C)(C)C)c2onc(C)c2C)c(CCC(F)(F)F)c1. The number of amides is 1. The molecule has 0 bridgehead atoms. The second kappa shape index (κ2) is 15.5. The van der Waals surface area contributed by atoms with Crippen molar-refractivity contribution in [2.45, 2.75) is 134 Å². The third-order valence-corrected chi connectivity index (χ3v) is 14.8. The van der Waals surface area contributed by atoms with Crippen LogP contribution >= 0.6 is 0 Å². The number of hydrogen-bond acceptors (Lipinski definition) is 7. The number of anilines is 1. The Morgan fingerprint density at radius 1 is 1.06 bits per heavy atom. The minimum atomic E-state index is -4.44. The van der Waals surface area contributed by atoms with Crippen LogP contribution in [0.1, 0.15) is 87.6 Å². The molecule has 1 fully saturated rings. The van der Waals surface area contributed by atoms with Gasteiger partial charge in [-0.15, -0.1) is 0 Å². The summed E-state index contributed by atoms with van der Waals surface area (Å²) >= 11 is 0. The summed E-state index contributed by atoms with van der Waals surface area (Å²) in [7, 11) is -6.24. The van der Waals surface area contributed by atoms with Gasteiger partial charge in [-0.2, -0.15) is 13.2 Å². The topological polar surface area (TPSA) is 105 Å². The van der Waals surface area contributed by atoms with Gasteiger partial charge in [-0.05, 0) is 69.2 Å². The van der Waals surface area contributed by atoms with Crippen LogP contribution in [0.2, 0.25) is 19.6 Å². The van der Waals surface area contributed by atoms with Gasteiger partial charge in [-0.1, -0.05) is 87.4 Å². The number of ether oxygens (including phenoxy) is 1. The average Bonchev–Trinajstić information content (AvgIpc) is 3.76. The molecule has 0 radical (unpaired) electrons. The number of sulfonamides is 1. The number of nitrogens with zero attached hydrogens (tertiary/aromatic N) is 4. The first-order valence-electron chi connectivity index (χ1n) is 18.1. The lowest BCUT2D eigenvalue weighted by Crippen LogP contribution is -2.42. The Hall–Kier alpha value is -3.49. The van der Waals surface area contributed by atoms with Crippen molar-refractivity contribution in [1.82, 2.24) is 10.1 Å². The van der Waals surface area contributed by atoms with Crippen LogP contribution in [-0.4, -0.2) is 62.5 Å². The van der Waals surface area contributed by atoms with Gasteiger partial charge < -0.3 is 9.26 Å². The smallest absolute Gasteiger partial charge is 0.360 e. The van der Waals surface area contributed by atoms with Gasteiger partial charge in [0.2, 0.25) is 5.88 Å². The lowest BCUT2D eigenvalue weighted by atomic mass is 9.94. The highest BCUT2D eigenvalue weighted by Crippen LogP contribution is 2.41. The molecule has 14 heteroatoms. The van der Waals surface area contributed by atoms with Crippen LogP contribution in [0.15, 0.2) is 56.9 Å². The first-order chi connectivity index (χ1) is 24.4. The summed E-state index contributed by atoms with van der Waals surface area (Å²) in [6.45, 7) is 13.6. The van der Waals surface area contributed by atoms with Gasteiger partial charge in [0, 0.05) is 29.7 Å². The van der Waals surface area contributed by atoms with E-state index in [1.54, 1.807) is 55.1 Å². The highest BCUT2D eigenvalue weighted by molar-refractivity contribution is 7.93. The number of alkyl halides is 3. The van der Waals surface area contributed by atoms with E-state index in [9.17, 15) is 26.4 Å². The summed E-state index contributed by atoms with van der Waals surface area (Å²) in [6, 6.07) is 11.4. The van der Waals surface area contributed by atoms with E-state index in [1.807, 2.05) is 6.92 Å². The third-order valence-electron chi connectivity index (χ3n) is 10.4. The molecule has 5 rings (SSSR count). The molecule has 1 aromatic heterocycles. The fourth-order valence-corrected chi connectivity index (χ4v) is 8.81. The number of unbranched alkanes of at least 4 members (excludes halogenated alkanes) is 1. The highest BCUT2D eigenvalue weighted by atomic mass is 32.2. The largest absolute Gasteiger partial charge is 0.389 e. The van der Waals surface area contributed by atoms with E-state index < -0.39 is 36.2 Å². The Bertz CT molecular complexity index is 1900. The van der Waals surface area contributed by atoms with E-state index in [4.69, 9.17) is 14.3 Å². The number of carbonyl (C=O) groups excluding carboxylic acids is 1. The molecule has 1 unspecified atom stereocenters. The van der Waals surface area contributed by atoms with Crippen LogP contribution in [-0.2, 0) is 32.5 Å². The first kappa shape index (κ1) is 39.7. The number of carbonyl (C=O) groups is 1. The molecule has 284 valence electrons. The Kier molecular flexibility index (Phi) is 11.8. The van der Waals surface area contributed by atoms with Crippen LogP contribution in [0.3, 0.4) is 0 Å². The number of aryl methyl sites for hydroxylation is 2. The van der Waals surface area contributed by atoms with Crippen LogP contribution in [0.4, 0.5) is 19.1 Å². The number of halogens is 3. The Morgan fingerprint density at radius 2 is 1.75 bits per heavy atom. The van der Waals surface area contributed by atoms with Crippen LogP contribution in [0, 0.1) is 13.8 Å². The van der Waals surface area contributed by atoms with E-state index in [2.05, 4.69) is 31.7 Å². The Morgan fingerprint density at radius 3 is 2.37 bits per heavy atom. The standard InChI is InChI=1S/C38H51F3N4O5SSi/c1-8-9-16-34-42-37(20-12-13-21-37)36(46)44(34)24-29-17-18-31(30(23-29)19-22-38(39,40)41)32-14-10-11-15-33(32)51(47,48)45(25-49-28(4)52(5,6)7)35-26(2)27(3)43-50-35/h10-11,14-15,17-18,23,28H,8-9,12-13,16,19-22,24-25H2,1-7H3. The predicted molar refractivity (Wildman–Crippen MR) is 199 cm³/mol. The summed E-state index contributed by atoms with van der Waals surface area (Å²) in [5.74, 6) is 0.700. The quantitative estimate of drug-likeness (QED) is 0.113. The molecule has 1 amide bonds. The number of benzene rings is 2. The fraction of sp³-hybridized carbons (Fsp3) is 0.553. The zero-order chi connectivity index (χ0) is 38.1. The summed E-state index contributed by atoms with van der Waals surface area (Å²) in [6.07, 6.45) is -0.212. The third kappa shape index (κ3) is 8.49. The van der Waals surface area contributed by atoms with Crippen molar-refractivity contribution in [1.29, 1.82) is 0 Å². The maximum Gasteiger partial charge on any atom is 0.389 e. The van der Waals surface area contributed by atoms with Crippen molar-refractivity contribution >= 4 is 35.7 Å². The van der Waals surface area contributed by atoms with Gasteiger partial charge in [0.15, 0.2) is 0 Å². The molecule has 1 saturated carbocycles. The van der Waals surface area contributed by atoms with Gasteiger partial charge in [-0.25, -0.2) is 12.7 Å². The van der Waals surface area contributed by atoms with E-state index in [0.29, 0.717) is 47.2 Å². The Labute approximate surface area is 306 Å². The van der Waals surface area contributed by atoms with Crippen LogP contribution in [0.5, 0.6) is 0 Å². The van der Waals surface area contributed by atoms with Crippen molar-refractivity contribution in [3.05, 3.63) is 64.8 Å². The van der Waals surface area contributed by atoms with Crippen molar-refractivity contribution in [2.75, 3.05) is 11.0 Å². The van der Waals surface area contributed by atoms with Gasteiger partial charge in [-0.3, -0.25) is 14.7 Å². The second-order valence-electron chi connectivity index (χ2n) is 15.2. The van der Waals surface area contributed by atoms with Gasteiger partial charge in [0.05, 0.1) is 25.2 Å². The second-order valence-corrected chi connectivity index (χ2v) is 22.6. The van der Waals surface area contributed by atoms with E-state index in [1.165, 1.54) is 6.07 Å². The molecule has 0 saturated heterocycles.